The highest BCUT2D eigenvalue weighted by atomic mass is 32.2. The molecule has 12 heteroatoms. The van der Waals surface area contributed by atoms with Gasteiger partial charge in [0.2, 0.25) is 15.9 Å². The van der Waals surface area contributed by atoms with Crippen molar-refractivity contribution in [2.45, 2.75) is 51.5 Å². The van der Waals surface area contributed by atoms with Gasteiger partial charge in [-0.05, 0) is 30.7 Å². The summed E-state index contributed by atoms with van der Waals surface area (Å²) >= 11 is 0. The number of aryl methyl sites for hydroxylation is 2. The summed E-state index contributed by atoms with van der Waals surface area (Å²) in [7, 11) is -3.62. The first kappa shape index (κ1) is 25.2. The van der Waals surface area contributed by atoms with Gasteiger partial charge < -0.3 is 9.88 Å². The van der Waals surface area contributed by atoms with Gasteiger partial charge >= 0.3 is 5.69 Å². The Kier molecular flexibility index (Phi) is 7.94. The number of imidazole rings is 1. The summed E-state index contributed by atoms with van der Waals surface area (Å²) < 4.78 is 29.2. The zero-order valence-electron chi connectivity index (χ0n) is 19.4. The average Bonchev–Trinajstić information content (AvgIpc) is 3.15. The first-order chi connectivity index (χ1) is 16.2. The summed E-state index contributed by atoms with van der Waals surface area (Å²) in [6, 6.07) is 6.28. The third kappa shape index (κ3) is 5.23. The van der Waals surface area contributed by atoms with Gasteiger partial charge in [0.05, 0.1) is 20.9 Å². The van der Waals surface area contributed by atoms with Crippen molar-refractivity contribution >= 4 is 38.3 Å². The molecule has 0 saturated carbocycles. The predicted molar refractivity (Wildman–Crippen MR) is 128 cm³/mol. The van der Waals surface area contributed by atoms with Crippen LogP contribution in [0.15, 0.2) is 41.6 Å². The van der Waals surface area contributed by atoms with E-state index in [2.05, 4.69) is 15.3 Å². The molecule has 0 bridgehead atoms. The van der Waals surface area contributed by atoms with Gasteiger partial charge in [-0.15, -0.1) is 0 Å². The highest BCUT2D eigenvalue weighted by Crippen LogP contribution is 2.25. The van der Waals surface area contributed by atoms with Gasteiger partial charge in [0.1, 0.15) is 17.7 Å². The SMILES string of the molecule is CCCn1c(CCC(=O)Nc2ccncc2[N+](=O)[O-])nc2cc(S(=O)(=O)N(CC)CC)ccc21. The summed E-state index contributed by atoms with van der Waals surface area (Å²) in [5, 5.41) is 13.7. The number of hydrogen-bond acceptors (Lipinski definition) is 7. The average molecular weight is 489 g/mol. The number of fused-ring (bicyclic) bond motifs is 1. The van der Waals surface area contributed by atoms with Crippen molar-refractivity contribution in [2.24, 2.45) is 0 Å². The second kappa shape index (κ2) is 10.7. The van der Waals surface area contributed by atoms with Crippen LogP contribution >= 0.6 is 0 Å². The molecule has 1 N–H and O–H groups in total. The van der Waals surface area contributed by atoms with E-state index in [0.29, 0.717) is 31.0 Å². The number of nitro groups is 1. The van der Waals surface area contributed by atoms with Gasteiger partial charge in [-0.2, -0.15) is 4.31 Å². The smallest absolute Gasteiger partial charge is 0.310 e. The van der Waals surface area contributed by atoms with Gasteiger partial charge in [-0.3, -0.25) is 19.9 Å². The molecule has 34 heavy (non-hydrogen) atoms. The highest BCUT2D eigenvalue weighted by molar-refractivity contribution is 7.89. The molecule has 0 radical (unpaired) electrons. The fourth-order valence-electron chi connectivity index (χ4n) is 3.77. The quantitative estimate of drug-likeness (QED) is 0.322. The lowest BCUT2D eigenvalue weighted by atomic mass is 10.2. The Morgan fingerprint density at radius 2 is 1.94 bits per heavy atom. The van der Waals surface area contributed by atoms with E-state index in [1.165, 1.54) is 16.6 Å². The largest absolute Gasteiger partial charge is 0.328 e. The third-order valence-corrected chi connectivity index (χ3v) is 7.48. The second-order valence-electron chi connectivity index (χ2n) is 7.62. The van der Waals surface area contributed by atoms with E-state index < -0.39 is 20.9 Å². The Labute approximate surface area is 198 Å². The van der Waals surface area contributed by atoms with Crippen LogP contribution in [0.3, 0.4) is 0 Å². The molecule has 1 aromatic carbocycles. The molecule has 0 fully saturated rings. The molecule has 2 heterocycles. The van der Waals surface area contributed by atoms with Crippen LogP contribution < -0.4 is 5.32 Å². The number of sulfonamides is 1. The molecule has 0 unspecified atom stereocenters. The van der Waals surface area contributed by atoms with E-state index in [4.69, 9.17) is 0 Å². The number of amides is 1. The lowest BCUT2D eigenvalue weighted by molar-refractivity contribution is -0.384. The van der Waals surface area contributed by atoms with Crippen LogP contribution in [0.1, 0.15) is 39.4 Å². The minimum atomic E-state index is -3.62. The number of aromatic nitrogens is 3. The number of benzene rings is 1. The number of pyridine rings is 1. The maximum atomic E-state index is 12.9. The predicted octanol–water partition coefficient (Wildman–Crippen LogP) is 3.35. The van der Waals surface area contributed by atoms with E-state index in [1.54, 1.807) is 32.0 Å². The van der Waals surface area contributed by atoms with Crippen LogP contribution in [0.25, 0.3) is 11.0 Å². The second-order valence-corrected chi connectivity index (χ2v) is 9.56. The molecule has 0 saturated heterocycles. The summed E-state index contributed by atoms with van der Waals surface area (Å²) in [6.07, 6.45) is 3.62. The fraction of sp³-hybridized carbons (Fsp3) is 0.409. The van der Waals surface area contributed by atoms with Crippen molar-refractivity contribution < 1.29 is 18.1 Å². The third-order valence-electron chi connectivity index (χ3n) is 5.44. The zero-order valence-corrected chi connectivity index (χ0v) is 20.2. The van der Waals surface area contributed by atoms with Crippen LogP contribution in [-0.2, 0) is 27.8 Å². The zero-order chi connectivity index (χ0) is 24.9. The Morgan fingerprint density at radius 3 is 2.59 bits per heavy atom. The lowest BCUT2D eigenvalue weighted by Crippen LogP contribution is -2.30. The maximum Gasteiger partial charge on any atom is 0.310 e. The van der Waals surface area contributed by atoms with Crippen LogP contribution in [-0.4, -0.2) is 51.2 Å². The van der Waals surface area contributed by atoms with Gasteiger partial charge in [0, 0.05) is 38.7 Å². The minimum absolute atomic E-state index is 0.0527. The number of rotatable bonds is 11. The van der Waals surface area contributed by atoms with Crippen LogP contribution in [0.5, 0.6) is 0 Å². The summed E-state index contributed by atoms with van der Waals surface area (Å²) in [6.45, 7) is 7.00. The number of anilines is 1. The molecule has 2 aromatic heterocycles. The van der Waals surface area contributed by atoms with Crippen molar-refractivity contribution in [3.63, 3.8) is 0 Å². The Morgan fingerprint density at radius 1 is 1.21 bits per heavy atom. The molecule has 0 aliphatic carbocycles. The molecule has 0 aliphatic heterocycles. The molecule has 0 aliphatic rings. The van der Waals surface area contributed by atoms with Crippen molar-refractivity contribution in [3.8, 4) is 0 Å². The van der Waals surface area contributed by atoms with Gasteiger partial charge in [0.25, 0.3) is 0 Å². The Hall–Kier alpha value is -3.38. The molecule has 11 nitrogen and oxygen atoms in total. The van der Waals surface area contributed by atoms with Crippen LogP contribution in [0.2, 0.25) is 0 Å². The van der Waals surface area contributed by atoms with E-state index in [9.17, 15) is 23.3 Å². The molecule has 3 rings (SSSR count). The summed E-state index contributed by atoms with van der Waals surface area (Å²) in [5.41, 5.74) is 1.14. The van der Waals surface area contributed by atoms with E-state index in [1.807, 2.05) is 11.5 Å². The number of nitrogens with zero attached hydrogens (tertiary/aromatic N) is 5. The van der Waals surface area contributed by atoms with Crippen molar-refractivity contribution in [3.05, 3.63) is 52.6 Å². The van der Waals surface area contributed by atoms with Crippen molar-refractivity contribution in [1.82, 2.24) is 18.8 Å². The Balaban J connectivity index is 1.85. The number of carbonyl (C=O) groups is 1. The van der Waals surface area contributed by atoms with Crippen LogP contribution in [0, 0.1) is 10.1 Å². The van der Waals surface area contributed by atoms with Gasteiger partial charge in [-0.25, -0.2) is 13.4 Å². The molecule has 0 atom stereocenters. The van der Waals surface area contributed by atoms with E-state index in [-0.39, 0.29) is 29.1 Å². The van der Waals surface area contributed by atoms with Gasteiger partial charge in [0.15, 0.2) is 0 Å². The normalized spacial score (nSPS) is 11.8. The lowest BCUT2D eigenvalue weighted by Gasteiger charge is -2.18. The number of nitrogens with one attached hydrogen (secondary N) is 1. The van der Waals surface area contributed by atoms with E-state index in [0.717, 1.165) is 18.1 Å². The topological polar surface area (TPSA) is 140 Å². The van der Waals surface area contributed by atoms with Crippen LogP contribution in [0.4, 0.5) is 11.4 Å². The molecule has 182 valence electrons. The molecule has 3 aromatic rings. The molecule has 1 amide bonds. The minimum Gasteiger partial charge on any atom is -0.328 e. The molecular weight excluding hydrogens is 460 g/mol. The maximum absolute atomic E-state index is 12.9. The summed E-state index contributed by atoms with van der Waals surface area (Å²) in [4.78, 5) is 31.5. The Bertz CT molecular complexity index is 1300. The number of carbonyl (C=O) groups excluding carboxylic acids is 1. The number of hydrogen-bond donors (Lipinski definition) is 1. The van der Waals surface area contributed by atoms with Crippen molar-refractivity contribution in [2.75, 3.05) is 18.4 Å². The van der Waals surface area contributed by atoms with Gasteiger partial charge in [-0.1, -0.05) is 20.8 Å². The fourth-order valence-corrected chi connectivity index (χ4v) is 5.25. The monoisotopic (exact) mass is 488 g/mol. The molecular formula is C22H28N6O5S. The first-order valence-electron chi connectivity index (χ1n) is 11.1. The molecule has 0 spiro atoms. The highest BCUT2D eigenvalue weighted by Gasteiger charge is 2.23. The van der Waals surface area contributed by atoms with Crippen molar-refractivity contribution in [1.29, 1.82) is 0 Å². The van der Waals surface area contributed by atoms with E-state index >= 15 is 0 Å². The standard InChI is InChI=1S/C22H28N6O5S/c1-4-13-27-19-8-7-16(34(32,33)26(5-2)6-3)14-18(19)24-21(27)9-10-22(29)25-17-11-12-23-15-20(17)28(30)31/h7-8,11-12,14-15H,4-6,9-10,13H2,1-3H3,(H,23,25,29). The summed E-state index contributed by atoms with van der Waals surface area (Å²) in [5.74, 6) is 0.253. The first-order valence-corrected chi connectivity index (χ1v) is 12.5.